The Bertz CT molecular complexity index is 502. The average molecular weight is 298 g/mol. The number of benzene rings is 1. The summed E-state index contributed by atoms with van der Waals surface area (Å²) in [4.78, 5) is 13.6. The number of phenols is 1. The zero-order valence-corrected chi connectivity index (χ0v) is 11.6. The normalized spacial score (nSPS) is 16.4. The van der Waals surface area contributed by atoms with Gasteiger partial charge in [-0.25, -0.2) is 5.43 Å². The summed E-state index contributed by atoms with van der Waals surface area (Å²) in [7, 11) is 0. The summed E-state index contributed by atoms with van der Waals surface area (Å²) in [6.45, 7) is 3.06. The summed E-state index contributed by atoms with van der Waals surface area (Å²) in [5.74, 6) is -0.148. The Hall–Kier alpha value is -1.63. The van der Waals surface area contributed by atoms with E-state index in [1.165, 1.54) is 12.3 Å². The predicted molar refractivity (Wildman–Crippen MR) is 76.1 cm³/mol. The molecule has 1 aliphatic heterocycles. The Morgan fingerprint density at radius 3 is 3.00 bits per heavy atom. The van der Waals surface area contributed by atoms with Crippen LogP contribution in [0, 0.1) is 0 Å². The van der Waals surface area contributed by atoms with Crippen LogP contribution in [0.25, 0.3) is 0 Å². The fourth-order valence-corrected chi connectivity index (χ4v) is 1.98. The molecule has 7 heteroatoms. The first kappa shape index (κ1) is 14.8. The molecular formula is C13H16ClN3O3. The van der Waals surface area contributed by atoms with Crippen molar-refractivity contribution in [3.05, 3.63) is 28.8 Å². The first-order chi connectivity index (χ1) is 9.65. The van der Waals surface area contributed by atoms with Gasteiger partial charge in [-0.2, -0.15) is 5.10 Å². The minimum Gasteiger partial charge on any atom is -0.507 e. The summed E-state index contributed by atoms with van der Waals surface area (Å²) in [6.07, 6.45) is 1.36. The monoisotopic (exact) mass is 297 g/mol. The number of nitrogens with zero attached hydrogens (tertiary/aromatic N) is 2. The number of hydrogen-bond donors (Lipinski definition) is 2. The number of hydrogen-bond acceptors (Lipinski definition) is 5. The highest BCUT2D eigenvalue weighted by Gasteiger charge is 2.13. The predicted octanol–water partition coefficient (Wildman–Crippen LogP) is 0.828. The number of rotatable bonds is 4. The van der Waals surface area contributed by atoms with E-state index in [4.69, 9.17) is 16.3 Å². The van der Waals surface area contributed by atoms with Gasteiger partial charge in [-0.15, -0.1) is 0 Å². The second-order valence-corrected chi connectivity index (χ2v) is 4.82. The van der Waals surface area contributed by atoms with Gasteiger partial charge in [0.15, 0.2) is 0 Å². The van der Waals surface area contributed by atoms with Gasteiger partial charge in [0, 0.05) is 23.7 Å². The van der Waals surface area contributed by atoms with Gasteiger partial charge in [0.05, 0.1) is 26.0 Å². The van der Waals surface area contributed by atoms with Gasteiger partial charge in [-0.3, -0.25) is 9.69 Å². The summed E-state index contributed by atoms with van der Waals surface area (Å²) in [6, 6.07) is 4.61. The van der Waals surface area contributed by atoms with Crippen molar-refractivity contribution in [3.8, 4) is 5.75 Å². The van der Waals surface area contributed by atoms with Gasteiger partial charge in [0.2, 0.25) is 0 Å². The highest BCUT2D eigenvalue weighted by molar-refractivity contribution is 6.30. The van der Waals surface area contributed by atoms with Crippen molar-refractivity contribution in [1.82, 2.24) is 10.3 Å². The molecule has 1 fully saturated rings. The van der Waals surface area contributed by atoms with Crippen molar-refractivity contribution < 1.29 is 14.6 Å². The van der Waals surface area contributed by atoms with E-state index in [9.17, 15) is 9.90 Å². The minimum atomic E-state index is -0.204. The summed E-state index contributed by atoms with van der Waals surface area (Å²) in [5, 5.41) is 13.9. The Kier molecular flexibility index (Phi) is 5.34. The molecule has 0 unspecified atom stereocenters. The highest BCUT2D eigenvalue weighted by atomic mass is 35.5. The number of carbonyl (C=O) groups excluding carboxylic acids is 1. The van der Waals surface area contributed by atoms with Crippen LogP contribution in [0.15, 0.2) is 23.3 Å². The molecule has 1 saturated heterocycles. The molecular weight excluding hydrogens is 282 g/mol. The number of hydrazone groups is 1. The molecule has 20 heavy (non-hydrogen) atoms. The molecule has 1 aliphatic rings. The van der Waals surface area contributed by atoms with E-state index in [1.54, 1.807) is 12.1 Å². The molecule has 1 aromatic carbocycles. The van der Waals surface area contributed by atoms with E-state index in [0.29, 0.717) is 23.8 Å². The van der Waals surface area contributed by atoms with Crippen LogP contribution in [0.2, 0.25) is 5.02 Å². The van der Waals surface area contributed by atoms with Gasteiger partial charge in [-0.05, 0) is 18.2 Å². The van der Waals surface area contributed by atoms with E-state index in [0.717, 1.165) is 13.1 Å². The third-order valence-electron chi connectivity index (χ3n) is 2.85. The Morgan fingerprint density at radius 1 is 1.50 bits per heavy atom. The van der Waals surface area contributed by atoms with Gasteiger partial charge in [0.1, 0.15) is 5.75 Å². The molecule has 0 aromatic heterocycles. The molecule has 0 radical (unpaired) electrons. The number of morpholine rings is 1. The molecule has 108 valence electrons. The summed E-state index contributed by atoms with van der Waals surface area (Å²) >= 11 is 5.81. The molecule has 2 N–H and O–H groups in total. The largest absolute Gasteiger partial charge is 0.507 e. The van der Waals surface area contributed by atoms with Crippen molar-refractivity contribution in [1.29, 1.82) is 0 Å². The maximum Gasteiger partial charge on any atom is 0.254 e. The van der Waals surface area contributed by atoms with Crippen LogP contribution >= 0.6 is 11.6 Å². The maximum absolute atomic E-state index is 11.7. The molecule has 0 spiro atoms. The number of ether oxygens (including phenoxy) is 1. The molecule has 1 amide bonds. The SMILES string of the molecule is O=C(CN1CCOCC1)N/N=C/c1cc(Cl)ccc1O. The first-order valence-electron chi connectivity index (χ1n) is 6.25. The van der Waals surface area contributed by atoms with Crippen LogP contribution in [0.4, 0.5) is 0 Å². The first-order valence-corrected chi connectivity index (χ1v) is 6.63. The Balaban J connectivity index is 1.83. The number of nitrogens with one attached hydrogen (secondary N) is 1. The lowest BCUT2D eigenvalue weighted by molar-refractivity contribution is -0.123. The van der Waals surface area contributed by atoms with Crippen LogP contribution < -0.4 is 5.43 Å². The van der Waals surface area contributed by atoms with Crippen LogP contribution in [-0.4, -0.2) is 55.0 Å². The Morgan fingerprint density at radius 2 is 2.25 bits per heavy atom. The number of amides is 1. The van der Waals surface area contributed by atoms with Gasteiger partial charge >= 0.3 is 0 Å². The molecule has 1 heterocycles. The van der Waals surface area contributed by atoms with Crippen molar-refractivity contribution in [2.24, 2.45) is 5.10 Å². The summed E-state index contributed by atoms with van der Waals surface area (Å²) < 4.78 is 5.20. The van der Waals surface area contributed by atoms with E-state index in [1.807, 2.05) is 4.90 Å². The minimum absolute atomic E-state index is 0.0561. The fourth-order valence-electron chi connectivity index (χ4n) is 1.80. The lowest BCUT2D eigenvalue weighted by Crippen LogP contribution is -2.42. The van der Waals surface area contributed by atoms with Crippen LogP contribution in [0.3, 0.4) is 0 Å². The second-order valence-electron chi connectivity index (χ2n) is 4.38. The highest BCUT2D eigenvalue weighted by Crippen LogP contribution is 2.19. The van der Waals surface area contributed by atoms with Crippen LogP contribution in [0.1, 0.15) is 5.56 Å². The van der Waals surface area contributed by atoms with Crippen molar-refractivity contribution in [2.45, 2.75) is 0 Å². The van der Waals surface area contributed by atoms with Gasteiger partial charge in [0.25, 0.3) is 5.91 Å². The van der Waals surface area contributed by atoms with Crippen LogP contribution in [0.5, 0.6) is 5.75 Å². The smallest absolute Gasteiger partial charge is 0.254 e. The van der Waals surface area contributed by atoms with E-state index >= 15 is 0 Å². The maximum atomic E-state index is 11.7. The van der Waals surface area contributed by atoms with E-state index in [2.05, 4.69) is 10.5 Å². The number of halogens is 1. The number of carbonyl (C=O) groups is 1. The van der Waals surface area contributed by atoms with Crippen LogP contribution in [-0.2, 0) is 9.53 Å². The number of aromatic hydroxyl groups is 1. The number of phenolic OH excluding ortho intramolecular Hbond substituents is 1. The quantitative estimate of drug-likeness (QED) is 0.638. The topological polar surface area (TPSA) is 74.2 Å². The van der Waals surface area contributed by atoms with Gasteiger partial charge < -0.3 is 9.84 Å². The average Bonchev–Trinajstić information content (AvgIpc) is 2.44. The molecule has 6 nitrogen and oxygen atoms in total. The van der Waals surface area contributed by atoms with E-state index < -0.39 is 0 Å². The standard InChI is InChI=1S/C13H16ClN3O3/c14-11-1-2-12(18)10(7-11)8-15-16-13(19)9-17-3-5-20-6-4-17/h1-2,7-8,18H,3-6,9H2,(H,16,19)/b15-8+. The molecule has 0 aliphatic carbocycles. The van der Waals surface area contributed by atoms with Crippen molar-refractivity contribution in [2.75, 3.05) is 32.8 Å². The molecule has 0 bridgehead atoms. The Labute approximate surface area is 122 Å². The lowest BCUT2D eigenvalue weighted by atomic mass is 10.2. The second kappa shape index (κ2) is 7.23. The third-order valence-corrected chi connectivity index (χ3v) is 3.09. The molecule has 0 saturated carbocycles. The van der Waals surface area contributed by atoms with Crippen molar-refractivity contribution >= 4 is 23.7 Å². The third kappa shape index (κ3) is 4.48. The van der Waals surface area contributed by atoms with E-state index in [-0.39, 0.29) is 18.2 Å². The lowest BCUT2D eigenvalue weighted by Gasteiger charge is -2.25. The zero-order chi connectivity index (χ0) is 14.4. The van der Waals surface area contributed by atoms with Crippen molar-refractivity contribution in [3.63, 3.8) is 0 Å². The molecule has 2 rings (SSSR count). The fraction of sp³-hybridized carbons (Fsp3) is 0.385. The molecule has 1 aromatic rings. The molecule has 0 atom stereocenters. The van der Waals surface area contributed by atoms with Gasteiger partial charge in [-0.1, -0.05) is 11.6 Å². The summed E-state index contributed by atoms with van der Waals surface area (Å²) in [5.41, 5.74) is 2.87. The zero-order valence-electron chi connectivity index (χ0n) is 10.9.